The fourth-order valence-electron chi connectivity index (χ4n) is 1.78. The third kappa shape index (κ3) is 5.42. The molecule has 0 saturated carbocycles. The minimum atomic E-state index is -1.49. The molecule has 0 fully saturated rings. The molecule has 5 N–H and O–H groups in total. The predicted octanol–water partition coefficient (Wildman–Crippen LogP) is 1.49. The predicted molar refractivity (Wildman–Crippen MR) is 83.4 cm³/mol. The Balaban J connectivity index is 2.96. The standard InChI is InChI=1S/C15H22N2O6/c1-15(2,3)23-14(21)17-8-5-6-9(10(7-8)22-4)12(18)11(16)13(19)20/h5-7,11-12,18H,16H2,1-4H3,(H,17,21)(H,19,20). The second-order valence-corrected chi connectivity index (χ2v) is 5.89. The molecule has 23 heavy (non-hydrogen) atoms. The molecule has 1 amide bonds. The molecule has 0 aliphatic carbocycles. The molecule has 8 heteroatoms. The number of aliphatic carboxylic acids is 1. The number of hydrogen-bond acceptors (Lipinski definition) is 6. The Labute approximate surface area is 134 Å². The first-order chi connectivity index (χ1) is 10.5. The average molecular weight is 326 g/mol. The highest BCUT2D eigenvalue weighted by molar-refractivity contribution is 5.85. The molecule has 1 aromatic rings. The fraction of sp³-hybridized carbons (Fsp3) is 0.467. The quantitative estimate of drug-likeness (QED) is 0.644. The van der Waals surface area contributed by atoms with Crippen LogP contribution in [0, 0.1) is 0 Å². The van der Waals surface area contributed by atoms with Gasteiger partial charge in [0.2, 0.25) is 0 Å². The summed E-state index contributed by atoms with van der Waals surface area (Å²) in [5.41, 5.74) is 5.35. The van der Waals surface area contributed by atoms with E-state index in [2.05, 4.69) is 5.32 Å². The number of aliphatic hydroxyl groups excluding tert-OH is 1. The molecule has 0 radical (unpaired) electrons. The number of amides is 1. The second kappa shape index (κ2) is 7.30. The molecule has 128 valence electrons. The van der Waals surface area contributed by atoms with Gasteiger partial charge >= 0.3 is 12.1 Å². The van der Waals surface area contributed by atoms with Crippen molar-refractivity contribution in [1.82, 2.24) is 0 Å². The van der Waals surface area contributed by atoms with Crippen LogP contribution in [0.25, 0.3) is 0 Å². The van der Waals surface area contributed by atoms with Gasteiger partial charge in [0.15, 0.2) is 0 Å². The van der Waals surface area contributed by atoms with Gasteiger partial charge in [0.05, 0.1) is 7.11 Å². The molecule has 1 rings (SSSR count). The summed E-state index contributed by atoms with van der Waals surface area (Å²) in [4.78, 5) is 22.6. The lowest BCUT2D eigenvalue weighted by Crippen LogP contribution is -2.36. The largest absolute Gasteiger partial charge is 0.496 e. The van der Waals surface area contributed by atoms with Crippen LogP contribution < -0.4 is 15.8 Å². The summed E-state index contributed by atoms with van der Waals surface area (Å²) in [6.07, 6.45) is -2.09. The van der Waals surface area contributed by atoms with Crippen LogP contribution in [0.15, 0.2) is 18.2 Å². The van der Waals surface area contributed by atoms with Crippen LogP contribution in [0.3, 0.4) is 0 Å². The number of nitrogens with one attached hydrogen (secondary N) is 1. The maximum absolute atomic E-state index is 11.7. The van der Waals surface area contributed by atoms with Crippen molar-refractivity contribution in [3.05, 3.63) is 23.8 Å². The summed E-state index contributed by atoms with van der Waals surface area (Å²) in [5.74, 6) is -1.14. The van der Waals surface area contributed by atoms with E-state index in [0.717, 1.165) is 0 Å². The molecular formula is C15H22N2O6. The molecular weight excluding hydrogens is 304 g/mol. The van der Waals surface area contributed by atoms with Gasteiger partial charge in [0.1, 0.15) is 23.5 Å². The molecule has 2 unspecified atom stereocenters. The summed E-state index contributed by atoms with van der Waals surface area (Å²) >= 11 is 0. The van der Waals surface area contributed by atoms with Crippen LogP contribution >= 0.6 is 0 Å². The van der Waals surface area contributed by atoms with E-state index < -0.39 is 29.8 Å². The molecule has 0 spiro atoms. The van der Waals surface area contributed by atoms with E-state index in [0.29, 0.717) is 5.69 Å². The Bertz CT molecular complexity index is 582. The van der Waals surface area contributed by atoms with Crippen molar-refractivity contribution in [2.75, 3.05) is 12.4 Å². The first-order valence-corrected chi connectivity index (χ1v) is 6.89. The zero-order chi connectivity index (χ0) is 17.8. The second-order valence-electron chi connectivity index (χ2n) is 5.89. The summed E-state index contributed by atoms with van der Waals surface area (Å²) in [6, 6.07) is 2.86. The Morgan fingerprint density at radius 1 is 1.30 bits per heavy atom. The minimum Gasteiger partial charge on any atom is -0.496 e. The van der Waals surface area contributed by atoms with Crippen molar-refractivity contribution < 1.29 is 29.3 Å². The summed E-state index contributed by atoms with van der Waals surface area (Å²) in [6.45, 7) is 5.21. The molecule has 8 nitrogen and oxygen atoms in total. The summed E-state index contributed by atoms with van der Waals surface area (Å²) in [7, 11) is 1.36. The smallest absolute Gasteiger partial charge is 0.412 e. The number of methoxy groups -OCH3 is 1. The molecule has 2 atom stereocenters. The number of rotatable bonds is 5. The number of carbonyl (C=O) groups is 2. The number of benzene rings is 1. The first-order valence-electron chi connectivity index (χ1n) is 6.89. The molecule has 0 bridgehead atoms. The molecule has 0 saturated heterocycles. The van der Waals surface area contributed by atoms with Gasteiger partial charge in [-0.25, -0.2) is 4.79 Å². The fourth-order valence-corrected chi connectivity index (χ4v) is 1.78. The third-order valence-corrected chi connectivity index (χ3v) is 2.82. The lowest BCUT2D eigenvalue weighted by Gasteiger charge is -2.21. The van der Waals surface area contributed by atoms with E-state index in [9.17, 15) is 14.7 Å². The van der Waals surface area contributed by atoms with Gasteiger partial charge in [-0.2, -0.15) is 0 Å². The van der Waals surface area contributed by atoms with E-state index in [1.54, 1.807) is 20.8 Å². The van der Waals surface area contributed by atoms with Crippen molar-refractivity contribution in [2.24, 2.45) is 5.73 Å². The van der Waals surface area contributed by atoms with E-state index in [1.807, 2.05) is 0 Å². The Morgan fingerprint density at radius 2 is 1.91 bits per heavy atom. The lowest BCUT2D eigenvalue weighted by molar-refractivity contribution is -0.141. The third-order valence-electron chi connectivity index (χ3n) is 2.82. The normalized spacial score (nSPS) is 13.8. The van der Waals surface area contributed by atoms with E-state index >= 15 is 0 Å². The van der Waals surface area contributed by atoms with Gasteiger partial charge in [-0.1, -0.05) is 6.07 Å². The Hall–Kier alpha value is -2.32. The number of nitrogens with two attached hydrogens (primary N) is 1. The van der Waals surface area contributed by atoms with Gasteiger partial charge in [-0.05, 0) is 26.8 Å². The SMILES string of the molecule is COc1cc(NC(=O)OC(C)(C)C)ccc1C(O)C(N)C(=O)O. The van der Waals surface area contributed by atoms with Gasteiger partial charge in [0, 0.05) is 17.3 Å². The molecule has 0 aromatic heterocycles. The van der Waals surface area contributed by atoms with Crippen LogP contribution in [0.4, 0.5) is 10.5 Å². The van der Waals surface area contributed by atoms with Gasteiger partial charge in [0.25, 0.3) is 0 Å². The van der Waals surface area contributed by atoms with Gasteiger partial charge in [-0.15, -0.1) is 0 Å². The van der Waals surface area contributed by atoms with Crippen LogP contribution in [0.5, 0.6) is 5.75 Å². The van der Waals surface area contributed by atoms with Crippen LogP contribution in [0.2, 0.25) is 0 Å². The lowest BCUT2D eigenvalue weighted by atomic mass is 10.0. The van der Waals surface area contributed by atoms with Crippen molar-refractivity contribution >= 4 is 17.7 Å². The molecule has 1 aromatic carbocycles. The van der Waals surface area contributed by atoms with Crippen molar-refractivity contribution in [1.29, 1.82) is 0 Å². The maximum atomic E-state index is 11.7. The topological polar surface area (TPSA) is 131 Å². The molecule has 0 aliphatic heterocycles. The van der Waals surface area contributed by atoms with Crippen LogP contribution in [0.1, 0.15) is 32.4 Å². The molecule has 0 aliphatic rings. The van der Waals surface area contributed by atoms with Gasteiger partial charge in [-0.3, -0.25) is 10.1 Å². The van der Waals surface area contributed by atoms with Crippen LogP contribution in [-0.4, -0.2) is 41.0 Å². The first kappa shape index (κ1) is 18.7. The number of ether oxygens (including phenoxy) is 2. The highest BCUT2D eigenvalue weighted by Gasteiger charge is 2.26. The zero-order valence-electron chi connectivity index (χ0n) is 13.5. The number of aliphatic hydroxyl groups is 1. The van der Waals surface area contributed by atoms with E-state index in [1.165, 1.54) is 25.3 Å². The minimum absolute atomic E-state index is 0.197. The Morgan fingerprint density at radius 3 is 2.39 bits per heavy atom. The highest BCUT2D eigenvalue weighted by Crippen LogP contribution is 2.30. The number of carboxylic acids is 1. The van der Waals surface area contributed by atoms with E-state index in [4.69, 9.17) is 20.3 Å². The number of hydrogen-bond donors (Lipinski definition) is 4. The van der Waals surface area contributed by atoms with Crippen LogP contribution in [-0.2, 0) is 9.53 Å². The average Bonchev–Trinajstić information content (AvgIpc) is 2.43. The summed E-state index contributed by atoms with van der Waals surface area (Å²) in [5, 5.41) is 21.4. The monoisotopic (exact) mass is 326 g/mol. The van der Waals surface area contributed by atoms with Crippen molar-refractivity contribution in [2.45, 2.75) is 38.5 Å². The highest BCUT2D eigenvalue weighted by atomic mass is 16.6. The Kier molecular flexibility index (Phi) is 5.94. The summed E-state index contributed by atoms with van der Waals surface area (Å²) < 4.78 is 10.2. The molecule has 0 heterocycles. The van der Waals surface area contributed by atoms with Crippen molar-refractivity contribution in [3.63, 3.8) is 0 Å². The maximum Gasteiger partial charge on any atom is 0.412 e. The number of carbonyl (C=O) groups excluding carboxylic acids is 1. The number of anilines is 1. The zero-order valence-corrected chi connectivity index (χ0v) is 13.5. The number of carboxylic acid groups (broad SMARTS) is 1. The van der Waals surface area contributed by atoms with Crippen molar-refractivity contribution in [3.8, 4) is 5.75 Å². The van der Waals surface area contributed by atoms with E-state index in [-0.39, 0.29) is 11.3 Å². The van der Waals surface area contributed by atoms with Gasteiger partial charge < -0.3 is 25.4 Å².